The fraction of sp³-hybridized carbons (Fsp3) is 0. The second-order valence-corrected chi connectivity index (χ2v) is 3.46. The minimum Gasteiger partial charge on any atom is -0.368 e. The highest BCUT2D eigenvalue weighted by Gasteiger charge is 2.03. The summed E-state index contributed by atoms with van der Waals surface area (Å²) in [5.74, 6) is 0.202. The maximum atomic E-state index is 12.7. The first-order valence-electron chi connectivity index (χ1n) is 4.46. The van der Waals surface area contributed by atoms with E-state index in [0.29, 0.717) is 16.5 Å². The zero-order valence-corrected chi connectivity index (χ0v) is 8.87. The molecule has 3 N–H and O–H groups in total. The number of rotatable bonds is 2. The molecule has 0 unspecified atom stereocenters. The highest BCUT2D eigenvalue weighted by Crippen LogP contribution is 2.22. The van der Waals surface area contributed by atoms with Crippen LogP contribution in [0.25, 0.3) is 0 Å². The predicted octanol–water partition coefficient (Wildman–Crippen LogP) is 2.59. The van der Waals surface area contributed by atoms with E-state index in [1.807, 2.05) is 0 Å². The van der Waals surface area contributed by atoms with E-state index in [-0.39, 0.29) is 11.8 Å². The van der Waals surface area contributed by atoms with Gasteiger partial charge in [0.05, 0.1) is 6.20 Å². The van der Waals surface area contributed by atoms with Crippen molar-refractivity contribution in [3.8, 4) is 0 Å². The summed E-state index contributed by atoms with van der Waals surface area (Å²) in [6.07, 6.45) is 1.40. The van der Waals surface area contributed by atoms with Gasteiger partial charge in [-0.25, -0.2) is 9.37 Å². The third kappa shape index (κ3) is 2.38. The van der Waals surface area contributed by atoms with Crippen LogP contribution in [0.3, 0.4) is 0 Å². The molecule has 0 radical (unpaired) electrons. The quantitative estimate of drug-likeness (QED) is 0.844. The molecule has 6 heteroatoms. The van der Waals surface area contributed by atoms with Crippen molar-refractivity contribution in [2.75, 3.05) is 11.1 Å². The number of hydrogen-bond donors (Lipinski definition) is 2. The summed E-state index contributed by atoms with van der Waals surface area (Å²) in [5, 5.41) is 3.26. The van der Waals surface area contributed by atoms with Gasteiger partial charge in [0.15, 0.2) is 5.82 Å². The normalized spacial score (nSPS) is 10.1. The summed E-state index contributed by atoms with van der Waals surface area (Å²) in [6.45, 7) is 0. The average Bonchev–Trinajstić information content (AvgIpc) is 2.27. The minimum atomic E-state index is -0.307. The molecule has 0 aliphatic heterocycles. The lowest BCUT2D eigenvalue weighted by Gasteiger charge is -2.07. The fourth-order valence-corrected chi connectivity index (χ4v) is 1.28. The topological polar surface area (TPSA) is 63.8 Å². The second kappa shape index (κ2) is 4.32. The lowest BCUT2D eigenvalue weighted by atomic mass is 10.3. The predicted molar refractivity (Wildman–Crippen MR) is 61.1 cm³/mol. The zero-order chi connectivity index (χ0) is 11.5. The van der Waals surface area contributed by atoms with Crippen molar-refractivity contribution in [3.63, 3.8) is 0 Å². The molecule has 0 amide bonds. The molecule has 0 fully saturated rings. The highest BCUT2D eigenvalue weighted by molar-refractivity contribution is 6.32. The number of nitrogens with one attached hydrogen (secondary N) is 1. The Hall–Kier alpha value is -1.88. The summed E-state index contributed by atoms with van der Waals surface area (Å²) in [5.41, 5.74) is 6.09. The van der Waals surface area contributed by atoms with Gasteiger partial charge in [0.1, 0.15) is 10.8 Å². The van der Waals surface area contributed by atoms with Gasteiger partial charge in [-0.05, 0) is 24.3 Å². The van der Waals surface area contributed by atoms with E-state index < -0.39 is 0 Å². The number of anilines is 3. The molecule has 0 saturated carbocycles. The molecule has 0 aliphatic rings. The van der Waals surface area contributed by atoms with Crippen LogP contribution in [0.15, 0.2) is 30.5 Å². The fourth-order valence-electron chi connectivity index (χ4n) is 1.14. The van der Waals surface area contributed by atoms with Crippen molar-refractivity contribution in [1.82, 2.24) is 9.97 Å². The second-order valence-electron chi connectivity index (χ2n) is 3.06. The van der Waals surface area contributed by atoms with E-state index in [9.17, 15) is 4.39 Å². The van der Waals surface area contributed by atoms with Crippen LogP contribution in [-0.2, 0) is 0 Å². The molecule has 82 valence electrons. The van der Waals surface area contributed by atoms with Crippen molar-refractivity contribution < 1.29 is 4.39 Å². The van der Waals surface area contributed by atoms with E-state index >= 15 is 0 Å². The molecule has 2 aromatic rings. The third-order valence-electron chi connectivity index (χ3n) is 1.87. The Morgan fingerprint density at radius 1 is 1.25 bits per heavy atom. The molecule has 1 aromatic carbocycles. The summed E-state index contributed by atoms with van der Waals surface area (Å²) in [6, 6.07) is 5.81. The van der Waals surface area contributed by atoms with Gasteiger partial charge in [-0.2, -0.15) is 4.98 Å². The zero-order valence-electron chi connectivity index (χ0n) is 8.11. The van der Waals surface area contributed by atoms with E-state index in [4.69, 9.17) is 17.3 Å². The molecule has 1 heterocycles. The Morgan fingerprint density at radius 3 is 2.62 bits per heavy atom. The Labute approximate surface area is 96.3 Å². The van der Waals surface area contributed by atoms with Crippen LogP contribution in [-0.4, -0.2) is 9.97 Å². The van der Waals surface area contributed by atoms with Crippen LogP contribution < -0.4 is 11.1 Å². The average molecular weight is 239 g/mol. The molecular weight excluding hydrogens is 231 g/mol. The lowest BCUT2D eigenvalue weighted by Crippen LogP contribution is -2.00. The number of benzene rings is 1. The van der Waals surface area contributed by atoms with Gasteiger partial charge in [0, 0.05) is 5.69 Å². The minimum absolute atomic E-state index is 0.119. The van der Waals surface area contributed by atoms with Crippen molar-refractivity contribution in [2.24, 2.45) is 0 Å². The number of hydrogen-bond acceptors (Lipinski definition) is 4. The highest BCUT2D eigenvalue weighted by atomic mass is 35.5. The molecule has 0 aliphatic carbocycles. The first-order valence-corrected chi connectivity index (χ1v) is 4.83. The SMILES string of the molecule is Nc1ncc(Cl)c(Nc2ccc(F)cc2)n1. The monoisotopic (exact) mass is 238 g/mol. The van der Waals surface area contributed by atoms with Gasteiger partial charge in [-0.15, -0.1) is 0 Å². The van der Waals surface area contributed by atoms with Crippen LogP contribution in [0.1, 0.15) is 0 Å². The Bertz CT molecular complexity index is 501. The number of nitrogens with two attached hydrogens (primary N) is 1. The number of halogens is 2. The summed E-state index contributed by atoms with van der Waals surface area (Å²) in [4.78, 5) is 7.65. The van der Waals surface area contributed by atoms with Gasteiger partial charge >= 0.3 is 0 Å². The Balaban J connectivity index is 2.26. The van der Waals surface area contributed by atoms with Crippen molar-refractivity contribution >= 4 is 29.1 Å². The van der Waals surface area contributed by atoms with Gasteiger partial charge in [0.2, 0.25) is 5.95 Å². The standard InChI is InChI=1S/C10H8ClFN4/c11-8-5-14-10(13)16-9(8)15-7-3-1-6(12)2-4-7/h1-5H,(H3,13,14,15,16). The molecule has 0 bridgehead atoms. The van der Waals surface area contributed by atoms with Crippen LogP contribution >= 0.6 is 11.6 Å². The van der Waals surface area contributed by atoms with Crippen molar-refractivity contribution in [1.29, 1.82) is 0 Å². The maximum absolute atomic E-state index is 12.7. The summed E-state index contributed by atoms with van der Waals surface area (Å²) < 4.78 is 12.7. The third-order valence-corrected chi connectivity index (χ3v) is 2.15. The van der Waals surface area contributed by atoms with Gasteiger partial charge in [-0.3, -0.25) is 0 Å². The van der Waals surface area contributed by atoms with E-state index in [0.717, 1.165) is 0 Å². The molecule has 16 heavy (non-hydrogen) atoms. The first-order chi connectivity index (χ1) is 7.65. The van der Waals surface area contributed by atoms with Crippen LogP contribution in [0, 0.1) is 5.82 Å². The molecule has 1 aromatic heterocycles. The lowest BCUT2D eigenvalue weighted by molar-refractivity contribution is 0.628. The van der Waals surface area contributed by atoms with E-state index in [1.54, 1.807) is 12.1 Å². The summed E-state index contributed by atoms with van der Waals surface area (Å²) in [7, 11) is 0. The molecule has 0 saturated heterocycles. The molecule has 4 nitrogen and oxygen atoms in total. The smallest absolute Gasteiger partial charge is 0.222 e. The van der Waals surface area contributed by atoms with Gasteiger partial charge in [0.25, 0.3) is 0 Å². The first kappa shape index (κ1) is 10.6. The van der Waals surface area contributed by atoms with E-state index in [1.165, 1.54) is 18.3 Å². The van der Waals surface area contributed by atoms with Gasteiger partial charge < -0.3 is 11.1 Å². The number of nitrogens with zero attached hydrogens (tertiary/aromatic N) is 2. The van der Waals surface area contributed by atoms with Crippen molar-refractivity contribution in [2.45, 2.75) is 0 Å². The summed E-state index contributed by atoms with van der Waals surface area (Å²) >= 11 is 5.86. The largest absolute Gasteiger partial charge is 0.368 e. The number of aromatic nitrogens is 2. The van der Waals surface area contributed by atoms with E-state index in [2.05, 4.69) is 15.3 Å². The van der Waals surface area contributed by atoms with Crippen molar-refractivity contribution in [3.05, 3.63) is 41.3 Å². The van der Waals surface area contributed by atoms with Crippen LogP contribution in [0.5, 0.6) is 0 Å². The molecule has 0 spiro atoms. The molecular formula is C10H8ClFN4. The number of nitrogen functional groups attached to an aromatic ring is 1. The van der Waals surface area contributed by atoms with Crippen LogP contribution in [0.2, 0.25) is 5.02 Å². The molecule has 0 atom stereocenters. The Morgan fingerprint density at radius 2 is 1.94 bits per heavy atom. The Kier molecular flexibility index (Phi) is 2.87. The molecule has 2 rings (SSSR count). The van der Waals surface area contributed by atoms with Crippen LogP contribution in [0.4, 0.5) is 21.8 Å². The maximum Gasteiger partial charge on any atom is 0.222 e. The van der Waals surface area contributed by atoms with Gasteiger partial charge in [-0.1, -0.05) is 11.6 Å².